The molecule has 0 saturated carbocycles. The van der Waals surface area contributed by atoms with Gasteiger partial charge in [0.05, 0.1) is 12.6 Å². The van der Waals surface area contributed by atoms with Gasteiger partial charge in [0.2, 0.25) is 5.91 Å². The van der Waals surface area contributed by atoms with Crippen molar-refractivity contribution in [2.45, 2.75) is 45.6 Å². The van der Waals surface area contributed by atoms with Crippen LogP contribution in [-0.2, 0) is 9.53 Å². The van der Waals surface area contributed by atoms with E-state index < -0.39 is 0 Å². The maximum atomic E-state index is 12.5. The molecule has 0 spiro atoms. The number of nitrogens with zero attached hydrogens (tertiary/aromatic N) is 1. The molecule has 6 nitrogen and oxygen atoms in total. The molecule has 0 bridgehead atoms. The van der Waals surface area contributed by atoms with Gasteiger partial charge in [0.1, 0.15) is 0 Å². The molecule has 1 aliphatic rings. The molecular formula is C20H31N3O3. The van der Waals surface area contributed by atoms with Gasteiger partial charge in [-0.3, -0.25) is 9.59 Å². The van der Waals surface area contributed by atoms with Crippen molar-refractivity contribution in [2.75, 3.05) is 38.1 Å². The molecule has 1 aromatic rings. The van der Waals surface area contributed by atoms with Crippen molar-refractivity contribution >= 4 is 17.5 Å². The molecule has 0 radical (unpaired) electrons. The van der Waals surface area contributed by atoms with E-state index in [1.165, 1.54) is 0 Å². The SMILES string of the molecule is CCCN(CCC)C(=O)c1ccc(NC(=O)CNCC2CCCO2)cc1. The van der Waals surface area contributed by atoms with Crippen LogP contribution in [0.4, 0.5) is 5.69 Å². The number of benzene rings is 1. The van der Waals surface area contributed by atoms with Crippen LogP contribution in [0.25, 0.3) is 0 Å². The van der Waals surface area contributed by atoms with Crippen molar-refractivity contribution in [3.05, 3.63) is 29.8 Å². The number of anilines is 1. The van der Waals surface area contributed by atoms with Crippen LogP contribution in [0.1, 0.15) is 49.9 Å². The average Bonchev–Trinajstić information content (AvgIpc) is 3.15. The van der Waals surface area contributed by atoms with Crippen molar-refractivity contribution in [3.8, 4) is 0 Å². The Kier molecular flexibility index (Phi) is 8.58. The van der Waals surface area contributed by atoms with E-state index in [1.807, 2.05) is 4.90 Å². The predicted octanol–water partition coefficient (Wildman–Crippen LogP) is 2.66. The first kappa shape index (κ1) is 20.4. The number of carbonyl (C=O) groups is 2. The zero-order valence-electron chi connectivity index (χ0n) is 15.9. The fourth-order valence-corrected chi connectivity index (χ4v) is 3.09. The molecule has 2 rings (SSSR count). The minimum atomic E-state index is -0.0966. The third kappa shape index (κ3) is 6.42. The van der Waals surface area contributed by atoms with Crippen molar-refractivity contribution in [1.82, 2.24) is 10.2 Å². The standard InChI is InChI=1S/C20H31N3O3/c1-3-11-23(12-4-2)20(25)16-7-9-17(10-8-16)22-19(24)15-21-14-18-6-5-13-26-18/h7-10,18,21H,3-6,11-15H2,1-2H3,(H,22,24). The van der Waals surface area contributed by atoms with E-state index in [0.717, 1.165) is 45.4 Å². The highest BCUT2D eigenvalue weighted by Gasteiger charge is 2.16. The normalized spacial score (nSPS) is 16.5. The Morgan fingerprint density at radius 2 is 1.85 bits per heavy atom. The van der Waals surface area contributed by atoms with E-state index in [4.69, 9.17) is 4.74 Å². The van der Waals surface area contributed by atoms with Crippen molar-refractivity contribution in [3.63, 3.8) is 0 Å². The number of nitrogens with one attached hydrogen (secondary N) is 2. The first-order valence-corrected chi connectivity index (χ1v) is 9.65. The Balaban J connectivity index is 1.80. The van der Waals surface area contributed by atoms with Crippen molar-refractivity contribution in [1.29, 1.82) is 0 Å². The number of hydrogen-bond donors (Lipinski definition) is 2. The maximum absolute atomic E-state index is 12.5. The lowest BCUT2D eigenvalue weighted by atomic mass is 10.1. The van der Waals surface area contributed by atoms with Crippen LogP contribution in [0.15, 0.2) is 24.3 Å². The first-order valence-electron chi connectivity index (χ1n) is 9.65. The summed E-state index contributed by atoms with van der Waals surface area (Å²) in [6.07, 6.45) is 4.26. The monoisotopic (exact) mass is 361 g/mol. The summed E-state index contributed by atoms with van der Waals surface area (Å²) in [7, 11) is 0. The van der Waals surface area contributed by atoms with Gasteiger partial charge in [-0.2, -0.15) is 0 Å². The summed E-state index contributed by atoms with van der Waals surface area (Å²) in [5.74, 6) is -0.0505. The van der Waals surface area contributed by atoms with Crippen LogP contribution < -0.4 is 10.6 Å². The number of rotatable bonds is 10. The highest BCUT2D eigenvalue weighted by Crippen LogP contribution is 2.13. The molecule has 6 heteroatoms. The molecule has 2 N–H and O–H groups in total. The van der Waals surface area contributed by atoms with Gasteiger partial charge in [-0.05, 0) is 49.9 Å². The Bertz CT molecular complexity index is 562. The van der Waals surface area contributed by atoms with Crippen LogP contribution >= 0.6 is 0 Å². The summed E-state index contributed by atoms with van der Waals surface area (Å²) < 4.78 is 5.51. The van der Waals surface area contributed by atoms with Gasteiger partial charge in [0, 0.05) is 37.5 Å². The molecule has 1 unspecified atom stereocenters. The lowest BCUT2D eigenvalue weighted by Crippen LogP contribution is -2.33. The molecule has 1 saturated heterocycles. The first-order chi connectivity index (χ1) is 12.6. The fraction of sp³-hybridized carbons (Fsp3) is 0.600. The Morgan fingerprint density at radius 3 is 2.42 bits per heavy atom. The van der Waals surface area contributed by atoms with Crippen molar-refractivity contribution < 1.29 is 14.3 Å². The largest absolute Gasteiger partial charge is 0.377 e. The Morgan fingerprint density at radius 1 is 1.15 bits per heavy atom. The summed E-state index contributed by atoms with van der Waals surface area (Å²) in [5.41, 5.74) is 1.35. The van der Waals surface area contributed by atoms with E-state index in [1.54, 1.807) is 24.3 Å². The second kappa shape index (κ2) is 10.9. The van der Waals surface area contributed by atoms with Gasteiger partial charge in [-0.15, -0.1) is 0 Å². The molecular weight excluding hydrogens is 330 g/mol. The number of hydrogen-bond acceptors (Lipinski definition) is 4. The lowest BCUT2D eigenvalue weighted by molar-refractivity contribution is -0.115. The maximum Gasteiger partial charge on any atom is 0.253 e. The minimum absolute atomic E-state index is 0.0461. The smallest absolute Gasteiger partial charge is 0.253 e. The highest BCUT2D eigenvalue weighted by atomic mass is 16.5. The topological polar surface area (TPSA) is 70.7 Å². The minimum Gasteiger partial charge on any atom is -0.377 e. The highest BCUT2D eigenvalue weighted by molar-refractivity contribution is 5.96. The van der Waals surface area contributed by atoms with Crippen LogP contribution in [0.2, 0.25) is 0 Å². The lowest BCUT2D eigenvalue weighted by Gasteiger charge is -2.21. The van der Waals surface area contributed by atoms with Crippen LogP contribution in [0, 0.1) is 0 Å². The quantitative estimate of drug-likeness (QED) is 0.672. The molecule has 2 amide bonds. The molecule has 1 aliphatic heterocycles. The molecule has 1 aromatic carbocycles. The van der Waals surface area contributed by atoms with E-state index in [2.05, 4.69) is 24.5 Å². The number of ether oxygens (including phenoxy) is 1. The second-order valence-corrected chi connectivity index (χ2v) is 6.68. The zero-order chi connectivity index (χ0) is 18.8. The van der Waals surface area contributed by atoms with E-state index >= 15 is 0 Å². The van der Waals surface area contributed by atoms with E-state index in [9.17, 15) is 9.59 Å². The van der Waals surface area contributed by atoms with Gasteiger partial charge in [0.25, 0.3) is 5.91 Å². The van der Waals surface area contributed by atoms with Gasteiger partial charge < -0.3 is 20.3 Å². The molecule has 1 heterocycles. The van der Waals surface area contributed by atoms with Gasteiger partial charge in [-0.25, -0.2) is 0 Å². The van der Waals surface area contributed by atoms with Crippen LogP contribution in [0.5, 0.6) is 0 Å². The molecule has 1 fully saturated rings. The zero-order valence-corrected chi connectivity index (χ0v) is 15.9. The molecule has 26 heavy (non-hydrogen) atoms. The summed E-state index contributed by atoms with van der Waals surface area (Å²) in [4.78, 5) is 26.4. The Hall–Kier alpha value is -1.92. The Labute approximate surface area is 156 Å². The molecule has 0 aromatic heterocycles. The summed E-state index contributed by atoms with van der Waals surface area (Å²) in [6.45, 7) is 7.44. The van der Waals surface area contributed by atoms with Crippen LogP contribution in [0.3, 0.4) is 0 Å². The molecule has 0 aliphatic carbocycles. The third-order valence-corrected chi connectivity index (χ3v) is 4.37. The van der Waals surface area contributed by atoms with Crippen LogP contribution in [-0.4, -0.2) is 55.6 Å². The number of amides is 2. The third-order valence-electron chi connectivity index (χ3n) is 4.37. The average molecular weight is 361 g/mol. The van der Waals surface area contributed by atoms with E-state index in [-0.39, 0.29) is 24.5 Å². The fourth-order valence-electron chi connectivity index (χ4n) is 3.09. The summed E-state index contributed by atoms with van der Waals surface area (Å²) in [6, 6.07) is 7.11. The van der Waals surface area contributed by atoms with Crippen molar-refractivity contribution in [2.24, 2.45) is 0 Å². The van der Waals surface area contributed by atoms with Gasteiger partial charge in [0.15, 0.2) is 0 Å². The number of carbonyl (C=O) groups excluding carboxylic acids is 2. The predicted molar refractivity (Wildman–Crippen MR) is 103 cm³/mol. The summed E-state index contributed by atoms with van der Waals surface area (Å²) in [5, 5.41) is 5.97. The molecule has 144 valence electrons. The van der Waals surface area contributed by atoms with Gasteiger partial charge >= 0.3 is 0 Å². The molecule has 1 atom stereocenters. The van der Waals surface area contributed by atoms with Gasteiger partial charge in [-0.1, -0.05) is 13.8 Å². The van der Waals surface area contributed by atoms with E-state index in [0.29, 0.717) is 17.8 Å². The second-order valence-electron chi connectivity index (χ2n) is 6.68. The summed E-state index contributed by atoms with van der Waals surface area (Å²) >= 11 is 0.